The second kappa shape index (κ2) is 8.66. The average Bonchev–Trinajstić information content (AvgIpc) is 3.00. The molecule has 1 amide bonds. The monoisotopic (exact) mass is 317 g/mol. The van der Waals surface area contributed by atoms with Gasteiger partial charge in [0.2, 0.25) is 5.91 Å². The zero-order valence-electron chi connectivity index (χ0n) is 13.0. The van der Waals surface area contributed by atoms with Gasteiger partial charge in [-0.1, -0.05) is 37.3 Å². The molecule has 0 unspecified atom stereocenters. The van der Waals surface area contributed by atoms with Crippen molar-refractivity contribution in [3.63, 3.8) is 0 Å². The lowest BCUT2D eigenvalue weighted by atomic mass is 10.2. The van der Waals surface area contributed by atoms with E-state index in [0.29, 0.717) is 26.1 Å². The molecule has 0 bridgehead atoms. The molecule has 0 aliphatic rings. The lowest BCUT2D eigenvalue weighted by Crippen LogP contribution is -2.33. The number of carbonyl (C=O) groups excluding carboxylic acids is 1. The maximum absolute atomic E-state index is 12.6. The Hall–Kier alpha value is -1.72. The molecule has 0 aliphatic heterocycles. The van der Waals surface area contributed by atoms with E-state index >= 15 is 0 Å². The second-order valence-electron chi connectivity index (χ2n) is 5.21. The van der Waals surface area contributed by atoms with E-state index in [1.54, 1.807) is 11.3 Å². The van der Waals surface area contributed by atoms with Gasteiger partial charge in [-0.2, -0.15) is 0 Å². The van der Waals surface area contributed by atoms with Crippen LogP contribution in [-0.2, 0) is 24.2 Å². The Labute approximate surface area is 136 Å². The van der Waals surface area contributed by atoms with E-state index in [-0.39, 0.29) is 5.91 Å². The highest BCUT2D eigenvalue weighted by Crippen LogP contribution is 2.13. The number of carbonyl (C=O) groups is 1. The van der Waals surface area contributed by atoms with Gasteiger partial charge >= 0.3 is 0 Å². The van der Waals surface area contributed by atoms with Crippen LogP contribution in [0.5, 0.6) is 0 Å². The van der Waals surface area contributed by atoms with E-state index in [1.807, 2.05) is 40.6 Å². The van der Waals surface area contributed by atoms with Crippen LogP contribution >= 0.6 is 11.3 Å². The number of aryl methyl sites for hydroxylation is 1. The largest absolute Gasteiger partial charge is 0.338 e. The summed E-state index contributed by atoms with van der Waals surface area (Å²) < 4.78 is 0. The highest BCUT2D eigenvalue weighted by molar-refractivity contribution is 7.09. The number of hydrogen-bond acceptors (Lipinski definition) is 4. The summed E-state index contributed by atoms with van der Waals surface area (Å²) in [6.45, 7) is 3.99. The summed E-state index contributed by atoms with van der Waals surface area (Å²) in [4.78, 5) is 18.9. The van der Waals surface area contributed by atoms with Crippen molar-refractivity contribution < 1.29 is 4.79 Å². The molecule has 5 heteroatoms. The maximum atomic E-state index is 12.6. The van der Waals surface area contributed by atoms with Crippen LogP contribution in [0.15, 0.2) is 35.7 Å². The van der Waals surface area contributed by atoms with E-state index in [2.05, 4.69) is 11.9 Å². The number of hydrogen-bond donors (Lipinski definition) is 1. The molecule has 0 atom stereocenters. The van der Waals surface area contributed by atoms with E-state index in [9.17, 15) is 4.79 Å². The molecule has 0 aliphatic carbocycles. The summed E-state index contributed by atoms with van der Waals surface area (Å²) in [6.07, 6.45) is 2.10. The predicted octanol–water partition coefficient (Wildman–Crippen LogP) is 2.63. The molecule has 0 fully saturated rings. The van der Waals surface area contributed by atoms with Gasteiger partial charge in [0.15, 0.2) is 0 Å². The number of nitrogens with two attached hydrogens (primary N) is 1. The quantitative estimate of drug-likeness (QED) is 0.814. The van der Waals surface area contributed by atoms with Gasteiger partial charge in [0.1, 0.15) is 0 Å². The van der Waals surface area contributed by atoms with E-state index < -0.39 is 0 Å². The molecule has 22 heavy (non-hydrogen) atoms. The van der Waals surface area contributed by atoms with Gasteiger partial charge < -0.3 is 10.6 Å². The molecule has 4 nitrogen and oxygen atoms in total. The molecular formula is C17H23N3OS. The average molecular weight is 317 g/mol. The Morgan fingerprint density at radius 3 is 2.73 bits per heavy atom. The number of rotatable bonds is 8. The number of aromatic nitrogens is 1. The minimum Gasteiger partial charge on any atom is -0.338 e. The molecule has 0 saturated heterocycles. The van der Waals surface area contributed by atoms with Crippen molar-refractivity contribution >= 4 is 17.2 Å². The molecular weight excluding hydrogens is 294 g/mol. The molecule has 0 saturated carbocycles. The van der Waals surface area contributed by atoms with Crippen molar-refractivity contribution in [2.24, 2.45) is 5.73 Å². The first-order valence-corrected chi connectivity index (χ1v) is 8.56. The Morgan fingerprint density at radius 2 is 2.09 bits per heavy atom. The molecule has 1 heterocycles. The molecule has 2 rings (SSSR count). The van der Waals surface area contributed by atoms with Crippen molar-refractivity contribution in [1.29, 1.82) is 0 Å². The molecule has 0 spiro atoms. The summed E-state index contributed by atoms with van der Waals surface area (Å²) >= 11 is 1.62. The van der Waals surface area contributed by atoms with Crippen molar-refractivity contribution in [3.8, 4) is 0 Å². The topological polar surface area (TPSA) is 59.2 Å². The summed E-state index contributed by atoms with van der Waals surface area (Å²) in [5, 5.41) is 3.07. The maximum Gasteiger partial charge on any atom is 0.228 e. The van der Waals surface area contributed by atoms with Crippen LogP contribution in [0.25, 0.3) is 0 Å². The lowest BCUT2D eigenvalue weighted by molar-refractivity contribution is -0.131. The second-order valence-corrected chi connectivity index (χ2v) is 6.15. The summed E-state index contributed by atoms with van der Waals surface area (Å²) in [5.74, 6) is 0.116. The number of amides is 1. The van der Waals surface area contributed by atoms with Gasteiger partial charge in [-0.3, -0.25) is 4.79 Å². The SMILES string of the molecule is CCc1nc(CC(=O)N(CCCN)Cc2ccccc2)cs1. The van der Waals surface area contributed by atoms with Gasteiger partial charge in [0.05, 0.1) is 17.1 Å². The van der Waals surface area contributed by atoms with E-state index in [4.69, 9.17) is 5.73 Å². The first-order chi connectivity index (χ1) is 10.7. The van der Waals surface area contributed by atoms with Crippen LogP contribution in [0.1, 0.15) is 29.6 Å². The van der Waals surface area contributed by atoms with Crippen LogP contribution in [0, 0.1) is 0 Å². The highest BCUT2D eigenvalue weighted by Gasteiger charge is 2.15. The van der Waals surface area contributed by atoms with Crippen LogP contribution in [0.4, 0.5) is 0 Å². The minimum atomic E-state index is 0.116. The third-order valence-electron chi connectivity index (χ3n) is 3.44. The third-order valence-corrected chi connectivity index (χ3v) is 4.48. The zero-order valence-corrected chi connectivity index (χ0v) is 13.8. The number of nitrogens with zero attached hydrogens (tertiary/aromatic N) is 2. The van der Waals surface area contributed by atoms with Crippen molar-refractivity contribution in [3.05, 3.63) is 52.0 Å². The summed E-state index contributed by atoms with van der Waals surface area (Å²) in [6, 6.07) is 10.1. The van der Waals surface area contributed by atoms with Crippen LogP contribution in [0.2, 0.25) is 0 Å². The van der Waals surface area contributed by atoms with E-state index in [1.165, 1.54) is 0 Å². The fourth-order valence-electron chi connectivity index (χ4n) is 2.24. The minimum absolute atomic E-state index is 0.116. The normalized spacial score (nSPS) is 10.6. The van der Waals surface area contributed by atoms with Crippen molar-refractivity contribution in [2.75, 3.05) is 13.1 Å². The first-order valence-electron chi connectivity index (χ1n) is 7.68. The van der Waals surface area contributed by atoms with Crippen LogP contribution < -0.4 is 5.73 Å². The molecule has 2 N–H and O–H groups in total. The smallest absolute Gasteiger partial charge is 0.228 e. The standard InChI is InChI=1S/C17H23N3OS/c1-2-16-19-15(13-22-16)11-17(21)20(10-6-9-18)12-14-7-4-3-5-8-14/h3-5,7-8,13H,2,6,9-12,18H2,1H3. The van der Waals surface area contributed by atoms with Gasteiger partial charge in [-0.25, -0.2) is 4.98 Å². The number of thiazole rings is 1. The summed E-state index contributed by atoms with van der Waals surface area (Å²) in [7, 11) is 0. The van der Waals surface area contributed by atoms with Crippen molar-refractivity contribution in [2.45, 2.75) is 32.7 Å². The highest BCUT2D eigenvalue weighted by atomic mass is 32.1. The fourth-order valence-corrected chi connectivity index (χ4v) is 2.98. The Kier molecular flexibility index (Phi) is 6.55. The van der Waals surface area contributed by atoms with Gasteiger partial charge in [0.25, 0.3) is 0 Å². The first kappa shape index (κ1) is 16.6. The molecule has 0 radical (unpaired) electrons. The zero-order chi connectivity index (χ0) is 15.8. The predicted molar refractivity (Wildman–Crippen MR) is 90.7 cm³/mol. The van der Waals surface area contributed by atoms with Crippen LogP contribution in [-0.4, -0.2) is 28.9 Å². The molecule has 1 aromatic carbocycles. The van der Waals surface area contributed by atoms with Crippen LogP contribution in [0.3, 0.4) is 0 Å². The van der Waals surface area contributed by atoms with Gasteiger partial charge in [0, 0.05) is 18.5 Å². The fraction of sp³-hybridized carbons (Fsp3) is 0.412. The number of benzene rings is 1. The molecule has 118 valence electrons. The van der Waals surface area contributed by atoms with Gasteiger partial charge in [-0.05, 0) is 24.9 Å². The van der Waals surface area contributed by atoms with E-state index in [0.717, 1.165) is 29.1 Å². The Morgan fingerprint density at radius 1 is 1.32 bits per heavy atom. The Bertz CT molecular complexity index is 583. The lowest BCUT2D eigenvalue weighted by Gasteiger charge is -2.22. The van der Waals surface area contributed by atoms with Crippen molar-refractivity contribution in [1.82, 2.24) is 9.88 Å². The Balaban J connectivity index is 2.01. The third kappa shape index (κ3) is 4.93. The molecule has 2 aromatic rings. The van der Waals surface area contributed by atoms with Gasteiger partial charge in [-0.15, -0.1) is 11.3 Å². The summed E-state index contributed by atoms with van der Waals surface area (Å²) in [5.41, 5.74) is 7.61. The molecule has 1 aromatic heterocycles.